The number of amides is 1. The first-order valence-electron chi connectivity index (χ1n) is 11.1. The summed E-state index contributed by atoms with van der Waals surface area (Å²) in [5, 5.41) is 22.9. The van der Waals surface area contributed by atoms with Crippen molar-refractivity contribution in [3.63, 3.8) is 0 Å². The molecule has 0 bridgehead atoms. The molecular weight excluding hydrogens is 406 g/mol. The van der Waals surface area contributed by atoms with Gasteiger partial charge in [0.15, 0.2) is 0 Å². The van der Waals surface area contributed by atoms with Crippen molar-refractivity contribution >= 4 is 28.4 Å². The molecule has 2 N–H and O–H groups in total. The maximum atomic E-state index is 12.3. The highest BCUT2D eigenvalue weighted by molar-refractivity contribution is 6.02. The molecule has 170 valence electrons. The van der Waals surface area contributed by atoms with Crippen LogP contribution >= 0.6 is 0 Å². The van der Waals surface area contributed by atoms with Crippen molar-refractivity contribution in [1.82, 2.24) is 5.32 Å². The van der Waals surface area contributed by atoms with Crippen LogP contribution in [-0.2, 0) is 14.3 Å². The number of carbonyl (C=O) groups excluding carboxylic acids is 1. The summed E-state index contributed by atoms with van der Waals surface area (Å²) in [4.78, 5) is 14.8. The van der Waals surface area contributed by atoms with Crippen LogP contribution in [0.1, 0.15) is 25.3 Å². The third-order valence-corrected chi connectivity index (χ3v) is 5.55. The molecule has 1 aliphatic heterocycles. The SMILES string of the molecule is CC1CCCN1c1ccc2cc(/C=C(\C#N)C(=O)NCCOCCOCCO)ccc2c1. The first kappa shape index (κ1) is 23.7. The number of anilines is 1. The van der Waals surface area contributed by atoms with Gasteiger partial charge < -0.3 is 24.8 Å². The number of aliphatic hydroxyl groups is 1. The molecular formula is C25H31N3O4. The standard InChI is InChI=1S/C25H31N3O4/c1-19-3-2-9-28(19)24-7-6-21-15-20(4-5-22(21)17-24)16-23(18-26)25(30)27-8-11-31-13-14-32-12-10-29/h4-7,15-17,19,29H,2-3,8-14H2,1H3,(H,27,30)/b23-16+. The average Bonchev–Trinajstić information content (AvgIpc) is 3.24. The number of nitriles is 1. The van der Waals surface area contributed by atoms with Crippen LogP contribution in [0.2, 0.25) is 0 Å². The van der Waals surface area contributed by atoms with Gasteiger partial charge in [0.2, 0.25) is 0 Å². The molecule has 0 spiro atoms. The number of ether oxygens (including phenoxy) is 2. The molecule has 0 aliphatic carbocycles. The van der Waals surface area contributed by atoms with Gasteiger partial charge in [-0.25, -0.2) is 0 Å². The molecule has 1 fully saturated rings. The van der Waals surface area contributed by atoms with E-state index < -0.39 is 5.91 Å². The van der Waals surface area contributed by atoms with Gasteiger partial charge in [0.05, 0.1) is 33.0 Å². The number of aliphatic hydroxyl groups excluding tert-OH is 1. The number of fused-ring (bicyclic) bond motifs is 1. The van der Waals surface area contributed by atoms with Crippen LogP contribution in [-0.4, -0.2) is 63.2 Å². The fourth-order valence-corrected chi connectivity index (χ4v) is 3.87. The lowest BCUT2D eigenvalue weighted by atomic mass is 10.0. The van der Waals surface area contributed by atoms with E-state index in [1.165, 1.54) is 18.5 Å². The van der Waals surface area contributed by atoms with E-state index in [1.807, 2.05) is 24.3 Å². The topological polar surface area (TPSA) is 94.8 Å². The summed E-state index contributed by atoms with van der Waals surface area (Å²) in [7, 11) is 0. The molecule has 1 amide bonds. The van der Waals surface area contributed by atoms with Gasteiger partial charge in [-0.15, -0.1) is 0 Å². The monoisotopic (exact) mass is 437 g/mol. The Morgan fingerprint density at radius 3 is 2.66 bits per heavy atom. The van der Waals surface area contributed by atoms with Crippen molar-refractivity contribution in [1.29, 1.82) is 5.26 Å². The van der Waals surface area contributed by atoms with Gasteiger partial charge in [0.25, 0.3) is 5.91 Å². The lowest BCUT2D eigenvalue weighted by Crippen LogP contribution is -2.28. The fraction of sp³-hybridized carbons (Fsp3) is 0.440. The van der Waals surface area contributed by atoms with Crippen molar-refractivity contribution < 1.29 is 19.4 Å². The highest BCUT2D eigenvalue weighted by Gasteiger charge is 2.20. The Morgan fingerprint density at radius 1 is 1.19 bits per heavy atom. The normalized spacial score (nSPS) is 16.3. The third-order valence-electron chi connectivity index (χ3n) is 5.55. The molecule has 1 heterocycles. The zero-order valence-electron chi connectivity index (χ0n) is 18.5. The zero-order chi connectivity index (χ0) is 22.8. The van der Waals surface area contributed by atoms with Gasteiger partial charge in [-0.2, -0.15) is 5.26 Å². The van der Waals surface area contributed by atoms with Crippen molar-refractivity contribution in [3.05, 3.63) is 47.5 Å². The minimum Gasteiger partial charge on any atom is -0.394 e. The Hall–Kier alpha value is -2.92. The van der Waals surface area contributed by atoms with Crippen LogP contribution in [0.3, 0.4) is 0 Å². The second-order valence-electron chi connectivity index (χ2n) is 7.85. The Bertz CT molecular complexity index is 983. The maximum Gasteiger partial charge on any atom is 0.262 e. The summed E-state index contributed by atoms with van der Waals surface area (Å²) >= 11 is 0. The van der Waals surface area contributed by atoms with Gasteiger partial charge in [0.1, 0.15) is 11.6 Å². The molecule has 1 aliphatic rings. The number of nitrogens with one attached hydrogen (secondary N) is 1. The summed E-state index contributed by atoms with van der Waals surface area (Å²) in [6.45, 7) is 5.01. The number of nitrogens with zero attached hydrogens (tertiary/aromatic N) is 2. The highest BCUT2D eigenvalue weighted by atomic mass is 16.5. The van der Waals surface area contributed by atoms with E-state index in [9.17, 15) is 10.1 Å². The lowest BCUT2D eigenvalue weighted by Gasteiger charge is -2.24. The zero-order valence-corrected chi connectivity index (χ0v) is 18.5. The minimum absolute atomic E-state index is 0.0184. The number of benzene rings is 2. The van der Waals surface area contributed by atoms with Crippen LogP contribution in [0.15, 0.2) is 42.0 Å². The summed E-state index contributed by atoms with van der Waals surface area (Å²) in [6.07, 6.45) is 4.06. The second-order valence-corrected chi connectivity index (χ2v) is 7.85. The van der Waals surface area contributed by atoms with Crippen molar-refractivity contribution in [3.8, 4) is 6.07 Å². The van der Waals surface area contributed by atoms with Crippen LogP contribution < -0.4 is 10.2 Å². The maximum absolute atomic E-state index is 12.3. The molecule has 0 radical (unpaired) electrons. The first-order chi connectivity index (χ1) is 15.6. The second kappa shape index (κ2) is 12.2. The summed E-state index contributed by atoms with van der Waals surface area (Å²) < 4.78 is 10.4. The summed E-state index contributed by atoms with van der Waals surface area (Å²) in [6, 6.07) is 15.0. The lowest BCUT2D eigenvalue weighted by molar-refractivity contribution is -0.117. The molecule has 1 atom stereocenters. The number of hydrogen-bond acceptors (Lipinski definition) is 6. The molecule has 32 heavy (non-hydrogen) atoms. The number of rotatable bonds is 11. The first-order valence-corrected chi connectivity index (χ1v) is 11.1. The average molecular weight is 438 g/mol. The summed E-state index contributed by atoms with van der Waals surface area (Å²) in [5.41, 5.74) is 2.10. The molecule has 7 heteroatoms. The van der Waals surface area contributed by atoms with E-state index in [2.05, 4.69) is 35.3 Å². The number of carbonyl (C=O) groups is 1. The van der Waals surface area contributed by atoms with Crippen molar-refractivity contribution in [2.24, 2.45) is 0 Å². The Morgan fingerprint density at radius 2 is 1.94 bits per heavy atom. The van der Waals surface area contributed by atoms with E-state index in [4.69, 9.17) is 14.6 Å². The fourth-order valence-electron chi connectivity index (χ4n) is 3.87. The van der Waals surface area contributed by atoms with E-state index in [1.54, 1.807) is 6.08 Å². The molecule has 2 aromatic carbocycles. The molecule has 7 nitrogen and oxygen atoms in total. The van der Waals surface area contributed by atoms with Crippen LogP contribution in [0, 0.1) is 11.3 Å². The van der Waals surface area contributed by atoms with Crippen LogP contribution in [0.5, 0.6) is 0 Å². The smallest absolute Gasteiger partial charge is 0.262 e. The number of hydrogen-bond donors (Lipinski definition) is 2. The van der Waals surface area contributed by atoms with Gasteiger partial charge in [-0.1, -0.05) is 18.2 Å². The quantitative estimate of drug-likeness (QED) is 0.319. The Balaban J connectivity index is 1.57. The van der Waals surface area contributed by atoms with Gasteiger partial charge in [0, 0.05) is 24.8 Å². The molecule has 0 saturated carbocycles. The summed E-state index contributed by atoms with van der Waals surface area (Å²) in [5.74, 6) is -0.425. The highest BCUT2D eigenvalue weighted by Crippen LogP contribution is 2.29. The van der Waals surface area contributed by atoms with Gasteiger partial charge in [-0.3, -0.25) is 4.79 Å². The van der Waals surface area contributed by atoms with E-state index in [-0.39, 0.29) is 18.8 Å². The predicted molar refractivity (Wildman–Crippen MR) is 125 cm³/mol. The van der Waals surface area contributed by atoms with Crippen molar-refractivity contribution in [2.45, 2.75) is 25.8 Å². The predicted octanol–water partition coefficient (Wildman–Crippen LogP) is 2.88. The van der Waals surface area contributed by atoms with Crippen LogP contribution in [0.25, 0.3) is 16.8 Å². The van der Waals surface area contributed by atoms with Crippen LogP contribution in [0.4, 0.5) is 5.69 Å². The van der Waals surface area contributed by atoms with Gasteiger partial charge in [-0.05, 0) is 60.4 Å². The molecule has 1 saturated heterocycles. The largest absolute Gasteiger partial charge is 0.394 e. The Kier molecular flexibility index (Phi) is 9.05. The van der Waals surface area contributed by atoms with E-state index in [0.717, 1.165) is 22.9 Å². The molecule has 3 rings (SSSR count). The third kappa shape index (κ3) is 6.54. The van der Waals surface area contributed by atoms with Gasteiger partial charge >= 0.3 is 0 Å². The molecule has 1 unspecified atom stereocenters. The minimum atomic E-state index is -0.425. The molecule has 0 aromatic heterocycles. The van der Waals surface area contributed by atoms with E-state index in [0.29, 0.717) is 32.4 Å². The van der Waals surface area contributed by atoms with Crippen molar-refractivity contribution in [2.75, 3.05) is 51.0 Å². The molecule has 2 aromatic rings. The Labute approximate surface area is 189 Å². The van der Waals surface area contributed by atoms with E-state index >= 15 is 0 Å².